The average Bonchev–Trinajstić information content (AvgIpc) is 2.82. The molecule has 8 heteroatoms. The van der Waals surface area contributed by atoms with Crippen LogP contribution in [0.2, 0.25) is 5.02 Å². The highest BCUT2D eigenvalue weighted by Crippen LogP contribution is 2.32. The molecule has 32 heavy (non-hydrogen) atoms. The monoisotopic (exact) mass is 453 g/mol. The van der Waals surface area contributed by atoms with Gasteiger partial charge in [0.2, 0.25) is 6.10 Å². The Bertz CT molecular complexity index is 1130. The Hall–Kier alpha value is -3.71. The summed E-state index contributed by atoms with van der Waals surface area (Å²) in [5.74, 6) is 0.303. The minimum Gasteiger partial charge on any atom is -0.495 e. The lowest BCUT2D eigenvalue weighted by Crippen LogP contribution is -2.26. The van der Waals surface area contributed by atoms with Crippen LogP contribution in [0.1, 0.15) is 22.0 Å². The molecule has 0 spiro atoms. The maximum atomic E-state index is 13.1. The molecule has 0 fully saturated rings. The van der Waals surface area contributed by atoms with Gasteiger partial charge in [-0.3, -0.25) is 4.79 Å². The van der Waals surface area contributed by atoms with Gasteiger partial charge in [0.15, 0.2) is 11.5 Å². The topological polar surface area (TPSA) is 83.1 Å². The molecule has 1 heterocycles. The molecule has 3 aromatic carbocycles. The van der Waals surface area contributed by atoms with Gasteiger partial charge in [-0.2, -0.15) is 0 Å². The van der Waals surface area contributed by atoms with Crippen LogP contribution < -0.4 is 19.5 Å². The Morgan fingerprint density at radius 1 is 0.969 bits per heavy atom. The van der Waals surface area contributed by atoms with Gasteiger partial charge in [0.1, 0.15) is 19.0 Å². The smallest absolute Gasteiger partial charge is 0.339 e. The second-order valence-electron chi connectivity index (χ2n) is 6.89. The summed E-state index contributed by atoms with van der Waals surface area (Å²) in [6.45, 7) is 0.841. The van der Waals surface area contributed by atoms with E-state index in [-0.39, 0.29) is 5.56 Å². The molecule has 1 amide bonds. The summed E-state index contributed by atoms with van der Waals surface area (Å²) in [5.41, 5.74) is 1.21. The van der Waals surface area contributed by atoms with E-state index in [1.165, 1.54) is 7.11 Å². The maximum absolute atomic E-state index is 13.1. The van der Waals surface area contributed by atoms with Crippen molar-refractivity contribution in [3.05, 3.63) is 82.9 Å². The summed E-state index contributed by atoms with van der Waals surface area (Å²) in [6, 6.07) is 18.3. The van der Waals surface area contributed by atoms with E-state index in [4.69, 9.17) is 30.5 Å². The number of nitrogens with one attached hydrogen (secondary N) is 1. The van der Waals surface area contributed by atoms with E-state index < -0.39 is 18.0 Å². The van der Waals surface area contributed by atoms with Crippen molar-refractivity contribution in [2.45, 2.75) is 6.10 Å². The van der Waals surface area contributed by atoms with Gasteiger partial charge >= 0.3 is 5.97 Å². The summed E-state index contributed by atoms with van der Waals surface area (Å²) < 4.78 is 21.8. The van der Waals surface area contributed by atoms with Gasteiger partial charge in [0.25, 0.3) is 5.91 Å². The number of benzene rings is 3. The van der Waals surface area contributed by atoms with Crippen molar-refractivity contribution in [2.24, 2.45) is 0 Å². The average molecular weight is 454 g/mol. The first kappa shape index (κ1) is 21.5. The van der Waals surface area contributed by atoms with Crippen molar-refractivity contribution in [1.82, 2.24) is 0 Å². The SMILES string of the molecule is COc1ccc(NC(=O)[C@@H](OC(=O)c2ccc3c(c2)OCCO3)c2ccccc2)cc1Cl. The molecule has 164 valence electrons. The van der Waals surface area contributed by atoms with E-state index in [1.54, 1.807) is 60.7 Å². The molecule has 1 aliphatic rings. The quantitative estimate of drug-likeness (QED) is 0.547. The van der Waals surface area contributed by atoms with Crippen molar-refractivity contribution < 1.29 is 28.5 Å². The molecule has 1 aliphatic heterocycles. The first-order valence-corrected chi connectivity index (χ1v) is 10.2. The summed E-state index contributed by atoms with van der Waals surface area (Å²) >= 11 is 6.15. The van der Waals surface area contributed by atoms with Crippen molar-refractivity contribution in [3.8, 4) is 17.2 Å². The summed E-state index contributed by atoms with van der Waals surface area (Å²) in [4.78, 5) is 25.9. The van der Waals surface area contributed by atoms with Crippen LogP contribution in [0.25, 0.3) is 0 Å². The summed E-state index contributed by atoms with van der Waals surface area (Å²) in [5, 5.41) is 3.08. The van der Waals surface area contributed by atoms with Crippen LogP contribution in [0.15, 0.2) is 66.7 Å². The molecular formula is C24H20ClNO6. The molecule has 4 rings (SSSR count). The zero-order valence-corrected chi connectivity index (χ0v) is 17.9. The maximum Gasteiger partial charge on any atom is 0.339 e. The number of fused-ring (bicyclic) bond motifs is 1. The van der Waals surface area contributed by atoms with E-state index in [1.807, 2.05) is 6.07 Å². The van der Waals surface area contributed by atoms with Gasteiger partial charge in [0.05, 0.1) is 17.7 Å². The first-order chi connectivity index (χ1) is 15.5. The molecule has 0 radical (unpaired) electrons. The number of hydrogen-bond acceptors (Lipinski definition) is 6. The first-order valence-electron chi connectivity index (χ1n) is 9.85. The third-order valence-corrected chi connectivity index (χ3v) is 5.06. The van der Waals surface area contributed by atoms with E-state index in [9.17, 15) is 9.59 Å². The molecule has 0 bridgehead atoms. The fraction of sp³-hybridized carbons (Fsp3) is 0.167. The van der Waals surface area contributed by atoms with E-state index >= 15 is 0 Å². The molecular weight excluding hydrogens is 434 g/mol. The Labute approximate surface area is 189 Å². The van der Waals surface area contributed by atoms with E-state index in [2.05, 4.69) is 5.32 Å². The molecule has 1 atom stereocenters. The Balaban J connectivity index is 1.56. The van der Waals surface area contributed by atoms with Crippen molar-refractivity contribution in [1.29, 1.82) is 0 Å². The largest absolute Gasteiger partial charge is 0.495 e. The zero-order valence-electron chi connectivity index (χ0n) is 17.2. The number of rotatable bonds is 6. The molecule has 0 saturated heterocycles. The lowest BCUT2D eigenvalue weighted by atomic mass is 10.1. The van der Waals surface area contributed by atoms with Gasteiger partial charge in [-0.1, -0.05) is 41.9 Å². The van der Waals surface area contributed by atoms with Crippen LogP contribution in [0, 0.1) is 0 Å². The normalized spacial score (nSPS) is 13.1. The lowest BCUT2D eigenvalue weighted by Gasteiger charge is -2.20. The third-order valence-electron chi connectivity index (χ3n) is 4.76. The van der Waals surface area contributed by atoms with Gasteiger partial charge in [-0.05, 0) is 36.4 Å². The van der Waals surface area contributed by atoms with Crippen molar-refractivity contribution in [3.63, 3.8) is 0 Å². The predicted molar refractivity (Wildman–Crippen MR) is 119 cm³/mol. The molecule has 1 N–H and O–H groups in total. The lowest BCUT2D eigenvalue weighted by molar-refractivity contribution is -0.125. The van der Waals surface area contributed by atoms with Crippen LogP contribution in [-0.2, 0) is 9.53 Å². The summed E-state index contributed by atoms with van der Waals surface area (Å²) in [7, 11) is 1.50. The summed E-state index contributed by atoms with van der Waals surface area (Å²) in [6.07, 6.45) is -1.18. The fourth-order valence-electron chi connectivity index (χ4n) is 3.20. The van der Waals surface area contributed by atoms with E-state index in [0.717, 1.165) is 0 Å². The van der Waals surface area contributed by atoms with Crippen molar-refractivity contribution >= 4 is 29.2 Å². The van der Waals surface area contributed by atoms with E-state index in [0.29, 0.717) is 46.7 Å². The zero-order chi connectivity index (χ0) is 22.5. The Morgan fingerprint density at radius 2 is 1.72 bits per heavy atom. The number of halogens is 1. The molecule has 7 nitrogen and oxygen atoms in total. The van der Waals surface area contributed by atoms with Gasteiger partial charge in [-0.25, -0.2) is 4.79 Å². The third kappa shape index (κ3) is 4.78. The van der Waals surface area contributed by atoms with Crippen LogP contribution in [0.4, 0.5) is 5.69 Å². The molecule has 0 unspecified atom stereocenters. The number of methoxy groups -OCH3 is 1. The Kier molecular flexibility index (Phi) is 6.47. The van der Waals surface area contributed by atoms with Gasteiger partial charge in [0, 0.05) is 11.3 Å². The molecule has 0 aromatic heterocycles. The molecule has 0 aliphatic carbocycles. The number of esters is 1. The highest BCUT2D eigenvalue weighted by Gasteiger charge is 2.27. The Morgan fingerprint density at radius 3 is 2.44 bits per heavy atom. The highest BCUT2D eigenvalue weighted by molar-refractivity contribution is 6.32. The minimum atomic E-state index is -1.18. The second kappa shape index (κ2) is 9.62. The van der Waals surface area contributed by atoms with Gasteiger partial charge < -0.3 is 24.3 Å². The predicted octanol–water partition coefficient (Wildman–Crippen LogP) is 4.66. The standard InChI is InChI=1S/C24H20ClNO6/c1-29-19-10-8-17(14-18(19)25)26-23(27)22(15-5-3-2-4-6-15)32-24(28)16-7-9-20-21(13-16)31-12-11-30-20/h2-10,13-14,22H,11-12H2,1H3,(H,26,27)/t22-/m0/s1. The van der Waals surface area contributed by atoms with Crippen LogP contribution in [-0.4, -0.2) is 32.2 Å². The number of amides is 1. The molecule has 0 saturated carbocycles. The minimum absolute atomic E-state index is 0.246. The highest BCUT2D eigenvalue weighted by atomic mass is 35.5. The van der Waals surface area contributed by atoms with Crippen LogP contribution in [0.5, 0.6) is 17.2 Å². The number of ether oxygens (including phenoxy) is 4. The number of hydrogen-bond donors (Lipinski definition) is 1. The van der Waals surface area contributed by atoms with Crippen molar-refractivity contribution in [2.75, 3.05) is 25.6 Å². The fourth-order valence-corrected chi connectivity index (χ4v) is 3.46. The van der Waals surface area contributed by atoms with Crippen LogP contribution in [0.3, 0.4) is 0 Å². The molecule has 3 aromatic rings. The number of carbonyl (C=O) groups excluding carboxylic acids is 2. The van der Waals surface area contributed by atoms with Crippen LogP contribution >= 0.6 is 11.6 Å². The number of carbonyl (C=O) groups is 2. The van der Waals surface area contributed by atoms with Gasteiger partial charge in [-0.15, -0.1) is 0 Å². The second-order valence-corrected chi connectivity index (χ2v) is 7.30. The number of anilines is 1.